The molecule has 140 valence electrons. The number of rotatable bonds is 7. The van der Waals surface area contributed by atoms with Crippen LogP contribution in [0.25, 0.3) is 6.08 Å². The van der Waals surface area contributed by atoms with Crippen molar-refractivity contribution in [3.63, 3.8) is 0 Å². The Morgan fingerprint density at radius 1 is 1.04 bits per heavy atom. The van der Waals surface area contributed by atoms with Crippen molar-refractivity contribution < 1.29 is 19.1 Å². The van der Waals surface area contributed by atoms with Crippen molar-refractivity contribution >= 4 is 23.8 Å². The predicted molar refractivity (Wildman–Crippen MR) is 99.5 cm³/mol. The molecule has 0 aliphatic rings. The van der Waals surface area contributed by atoms with Crippen LogP contribution in [0.3, 0.4) is 0 Å². The summed E-state index contributed by atoms with van der Waals surface area (Å²) in [6.07, 6.45) is 6.02. The summed E-state index contributed by atoms with van der Waals surface area (Å²) in [5.74, 6) is -0.452. The molecule has 0 spiro atoms. The molecule has 2 aromatic rings. The number of benzene rings is 1. The summed E-state index contributed by atoms with van der Waals surface area (Å²) in [7, 11) is 1.58. The van der Waals surface area contributed by atoms with Gasteiger partial charge in [-0.3, -0.25) is 30.2 Å². The van der Waals surface area contributed by atoms with Crippen LogP contribution in [0.1, 0.15) is 22.3 Å². The molecule has 2 rings (SSSR count). The first-order valence-corrected chi connectivity index (χ1v) is 8.17. The van der Waals surface area contributed by atoms with Gasteiger partial charge >= 0.3 is 0 Å². The van der Waals surface area contributed by atoms with Gasteiger partial charge in [0.1, 0.15) is 5.75 Å². The van der Waals surface area contributed by atoms with Gasteiger partial charge in [-0.15, -0.1) is 0 Å². The summed E-state index contributed by atoms with van der Waals surface area (Å²) in [6, 6.07) is 10.3. The fourth-order valence-electron chi connectivity index (χ4n) is 2.01. The minimum atomic E-state index is -0.447. The number of pyridine rings is 1. The Bertz CT molecular complexity index is 804. The van der Waals surface area contributed by atoms with E-state index in [2.05, 4.69) is 21.2 Å². The summed E-state index contributed by atoms with van der Waals surface area (Å²) >= 11 is 0. The van der Waals surface area contributed by atoms with Crippen molar-refractivity contribution in [2.75, 3.05) is 13.7 Å². The molecule has 0 fully saturated rings. The van der Waals surface area contributed by atoms with E-state index in [0.717, 1.165) is 11.3 Å². The van der Waals surface area contributed by atoms with Gasteiger partial charge in [0, 0.05) is 37.0 Å². The van der Waals surface area contributed by atoms with Crippen LogP contribution in [0.15, 0.2) is 54.9 Å². The highest BCUT2D eigenvalue weighted by Crippen LogP contribution is 2.12. The molecule has 0 bridgehead atoms. The van der Waals surface area contributed by atoms with Gasteiger partial charge < -0.3 is 10.1 Å². The summed E-state index contributed by atoms with van der Waals surface area (Å²) in [4.78, 5) is 39.0. The third-order valence-electron chi connectivity index (χ3n) is 3.45. The molecule has 3 N–H and O–H groups in total. The van der Waals surface area contributed by atoms with Crippen LogP contribution in [0.4, 0.5) is 0 Å². The van der Waals surface area contributed by atoms with Crippen molar-refractivity contribution in [2.24, 2.45) is 0 Å². The summed E-state index contributed by atoms with van der Waals surface area (Å²) in [5.41, 5.74) is 5.80. The van der Waals surface area contributed by atoms with E-state index in [1.807, 2.05) is 12.1 Å². The second-order valence-electron chi connectivity index (χ2n) is 5.39. The Balaban J connectivity index is 1.65. The predicted octanol–water partition coefficient (Wildman–Crippen LogP) is 1.07. The molecule has 0 radical (unpaired) electrons. The maximum atomic E-state index is 11.8. The molecule has 0 unspecified atom stereocenters. The van der Waals surface area contributed by atoms with Gasteiger partial charge in [0.15, 0.2) is 0 Å². The van der Waals surface area contributed by atoms with Crippen molar-refractivity contribution in [3.8, 4) is 5.75 Å². The Morgan fingerprint density at radius 3 is 2.41 bits per heavy atom. The van der Waals surface area contributed by atoms with E-state index in [1.54, 1.807) is 25.3 Å². The van der Waals surface area contributed by atoms with Gasteiger partial charge in [0.2, 0.25) is 11.8 Å². The van der Waals surface area contributed by atoms with Gasteiger partial charge in [0.25, 0.3) is 5.91 Å². The zero-order valence-corrected chi connectivity index (χ0v) is 14.8. The molecule has 1 aromatic carbocycles. The number of aromatic nitrogens is 1. The van der Waals surface area contributed by atoms with E-state index in [-0.39, 0.29) is 18.9 Å². The van der Waals surface area contributed by atoms with Crippen LogP contribution in [-0.4, -0.2) is 36.4 Å². The van der Waals surface area contributed by atoms with E-state index < -0.39 is 11.8 Å². The van der Waals surface area contributed by atoms with E-state index in [0.29, 0.717) is 5.56 Å². The summed E-state index contributed by atoms with van der Waals surface area (Å²) < 4.78 is 5.06. The number of hydrogen-bond donors (Lipinski definition) is 3. The molecule has 1 heterocycles. The van der Waals surface area contributed by atoms with Gasteiger partial charge in [0.05, 0.1) is 7.11 Å². The number of carbonyl (C=O) groups is 3. The van der Waals surface area contributed by atoms with Crippen LogP contribution < -0.4 is 20.9 Å². The number of nitrogens with zero attached hydrogens (tertiary/aromatic N) is 1. The lowest BCUT2D eigenvalue weighted by Crippen LogP contribution is -2.42. The number of hydrazine groups is 1. The van der Waals surface area contributed by atoms with Crippen molar-refractivity contribution in [2.45, 2.75) is 6.42 Å². The van der Waals surface area contributed by atoms with Crippen molar-refractivity contribution in [1.29, 1.82) is 0 Å². The van der Waals surface area contributed by atoms with Crippen molar-refractivity contribution in [1.82, 2.24) is 21.2 Å². The van der Waals surface area contributed by atoms with Crippen LogP contribution in [0.5, 0.6) is 5.75 Å². The standard InChI is InChI=1S/C19H20N4O4/c1-27-16-5-2-14(3-6-16)4-7-17(24)21-13-10-18(25)22-23-19(26)15-8-11-20-12-9-15/h2-9,11-12H,10,13H2,1H3,(H,21,24)(H,22,25)(H,23,26)/b7-4+. The lowest BCUT2D eigenvalue weighted by atomic mass is 10.2. The van der Waals surface area contributed by atoms with Gasteiger partial charge in [-0.2, -0.15) is 0 Å². The maximum absolute atomic E-state index is 11.8. The molecule has 27 heavy (non-hydrogen) atoms. The minimum absolute atomic E-state index is 0.0265. The molecule has 0 atom stereocenters. The van der Waals surface area contributed by atoms with Gasteiger partial charge in [-0.05, 0) is 35.9 Å². The Labute approximate surface area is 156 Å². The average molecular weight is 368 g/mol. The normalized spacial score (nSPS) is 10.3. The molecule has 1 aromatic heterocycles. The average Bonchev–Trinajstić information content (AvgIpc) is 2.71. The third kappa shape index (κ3) is 6.99. The highest BCUT2D eigenvalue weighted by molar-refractivity contribution is 5.95. The van der Waals surface area contributed by atoms with E-state index in [1.165, 1.54) is 30.6 Å². The fourth-order valence-corrected chi connectivity index (χ4v) is 2.01. The number of ether oxygens (including phenoxy) is 1. The number of hydrogen-bond acceptors (Lipinski definition) is 5. The Hall–Kier alpha value is -3.68. The second kappa shape index (κ2) is 10.3. The third-order valence-corrected chi connectivity index (χ3v) is 3.45. The maximum Gasteiger partial charge on any atom is 0.269 e. The molecule has 3 amide bonds. The number of methoxy groups -OCH3 is 1. The van der Waals surface area contributed by atoms with E-state index >= 15 is 0 Å². The molecule has 0 aliphatic carbocycles. The molecule has 8 heteroatoms. The zero-order chi connectivity index (χ0) is 19.5. The van der Waals surface area contributed by atoms with Crippen LogP contribution in [0.2, 0.25) is 0 Å². The molecule has 8 nitrogen and oxygen atoms in total. The first-order valence-electron chi connectivity index (χ1n) is 8.17. The number of carbonyl (C=O) groups excluding carboxylic acids is 3. The first kappa shape index (κ1) is 19.6. The SMILES string of the molecule is COc1ccc(/C=C/C(=O)NCCC(=O)NNC(=O)c2ccncc2)cc1. The largest absolute Gasteiger partial charge is 0.497 e. The lowest BCUT2D eigenvalue weighted by molar-refractivity contribution is -0.122. The molecular formula is C19H20N4O4. The number of amides is 3. The molecule has 0 saturated heterocycles. The minimum Gasteiger partial charge on any atom is -0.497 e. The number of nitrogens with one attached hydrogen (secondary N) is 3. The molecule has 0 saturated carbocycles. The monoisotopic (exact) mass is 368 g/mol. The molecule has 0 aliphatic heterocycles. The quantitative estimate of drug-likeness (QED) is 0.500. The van der Waals surface area contributed by atoms with Gasteiger partial charge in [-0.1, -0.05) is 12.1 Å². The summed E-state index contributed by atoms with van der Waals surface area (Å²) in [6.45, 7) is 0.142. The topological polar surface area (TPSA) is 109 Å². The first-order chi connectivity index (χ1) is 13.1. The van der Waals surface area contributed by atoms with E-state index in [9.17, 15) is 14.4 Å². The van der Waals surface area contributed by atoms with Gasteiger partial charge in [-0.25, -0.2) is 0 Å². The van der Waals surface area contributed by atoms with Crippen molar-refractivity contribution in [3.05, 3.63) is 66.0 Å². The van der Waals surface area contributed by atoms with Crippen LogP contribution in [-0.2, 0) is 9.59 Å². The smallest absolute Gasteiger partial charge is 0.269 e. The highest BCUT2D eigenvalue weighted by atomic mass is 16.5. The Morgan fingerprint density at radius 2 is 1.74 bits per heavy atom. The molecular weight excluding hydrogens is 348 g/mol. The lowest BCUT2D eigenvalue weighted by Gasteiger charge is -2.07. The van der Waals surface area contributed by atoms with E-state index in [4.69, 9.17) is 4.74 Å². The van der Waals surface area contributed by atoms with Crippen LogP contribution >= 0.6 is 0 Å². The fraction of sp³-hybridized carbons (Fsp3) is 0.158. The zero-order valence-electron chi connectivity index (χ0n) is 14.8. The second-order valence-corrected chi connectivity index (χ2v) is 5.39. The Kier molecular flexibility index (Phi) is 7.52. The van der Waals surface area contributed by atoms with Crippen LogP contribution in [0, 0.1) is 0 Å². The summed E-state index contributed by atoms with van der Waals surface area (Å²) in [5, 5.41) is 2.59. The highest BCUT2D eigenvalue weighted by Gasteiger charge is 2.07.